The number of carbonyl (C=O) groups is 1. The second-order valence-electron chi connectivity index (χ2n) is 4.78. The lowest BCUT2D eigenvalue weighted by Crippen LogP contribution is -2.39. The van der Waals surface area contributed by atoms with Gasteiger partial charge in [-0.2, -0.15) is 0 Å². The lowest BCUT2D eigenvalue weighted by molar-refractivity contribution is 0.175. The fourth-order valence-electron chi connectivity index (χ4n) is 2.53. The van der Waals surface area contributed by atoms with Gasteiger partial charge in [-0.05, 0) is 19.4 Å². The molecule has 0 aromatic carbocycles. The second-order valence-corrected chi connectivity index (χ2v) is 4.78. The van der Waals surface area contributed by atoms with Gasteiger partial charge in [-0.3, -0.25) is 0 Å². The molecule has 2 fully saturated rings. The Morgan fingerprint density at radius 3 is 2.79 bits per heavy atom. The molecule has 4 nitrogen and oxygen atoms in total. The van der Waals surface area contributed by atoms with E-state index in [1.54, 1.807) is 4.90 Å². The zero-order valence-corrected chi connectivity index (χ0v) is 9.05. The van der Waals surface area contributed by atoms with E-state index in [9.17, 15) is 4.79 Å². The lowest BCUT2D eigenvalue weighted by Gasteiger charge is -2.24. The van der Waals surface area contributed by atoms with Crippen LogP contribution in [-0.4, -0.2) is 56.1 Å². The zero-order valence-electron chi connectivity index (χ0n) is 9.05. The van der Waals surface area contributed by atoms with Crippen LogP contribution < -0.4 is 5.32 Å². The van der Waals surface area contributed by atoms with Gasteiger partial charge >= 0.3 is 6.03 Å². The van der Waals surface area contributed by atoms with E-state index in [1.165, 1.54) is 12.8 Å². The summed E-state index contributed by atoms with van der Waals surface area (Å²) in [6.07, 6.45) is 2.39. The maximum atomic E-state index is 11.7. The number of nitrogens with one attached hydrogen (secondary N) is 1. The molecule has 2 saturated heterocycles. The van der Waals surface area contributed by atoms with Crippen LogP contribution in [0.15, 0.2) is 0 Å². The molecule has 2 rings (SSSR count). The smallest absolute Gasteiger partial charge is 0.319 e. The average molecular weight is 197 g/mol. The van der Waals surface area contributed by atoms with Crippen molar-refractivity contribution in [2.24, 2.45) is 5.41 Å². The summed E-state index contributed by atoms with van der Waals surface area (Å²) in [5.41, 5.74) is 0.395. The summed E-state index contributed by atoms with van der Waals surface area (Å²) in [6, 6.07) is 0.161. The predicted octanol–water partition coefficient (Wildman–Crippen LogP) is 0.353. The van der Waals surface area contributed by atoms with Crippen LogP contribution in [-0.2, 0) is 0 Å². The minimum Gasteiger partial charge on any atom is -0.331 e. The molecule has 2 heterocycles. The summed E-state index contributed by atoms with van der Waals surface area (Å²) in [5.74, 6) is 0. The summed E-state index contributed by atoms with van der Waals surface area (Å²) in [4.78, 5) is 15.4. The third-order valence-electron chi connectivity index (χ3n) is 3.42. The van der Waals surface area contributed by atoms with Crippen LogP contribution in [0.1, 0.15) is 12.8 Å². The Morgan fingerprint density at radius 1 is 1.43 bits per heavy atom. The molecule has 1 N–H and O–H groups in total. The summed E-state index contributed by atoms with van der Waals surface area (Å²) in [6.45, 7) is 4.07. The van der Waals surface area contributed by atoms with Crippen molar-refractivity contribution in [2.45, 2.75) is 12.8 Å². The molecular weight excluding hydrogens is 178 g/mol. The van der Waals surface area contributed by atoms with Gasteiger partial charge in [0.2, 0.25) is 0 Å². The van der Waals surface area contributed by atoms with Gasteiger partial charge < -0.3 is 15.1 Å². The van der Waals surface area contributed by atoms with Crippen molar-refractivity contribution in [3.8, 4) is 0 Å². The monoisotopic (exact) mass is 197 g/mol. The Kier molecular flexibility index (Phi) is 2.39. The van der Waals surface area contributed by atoms with Crippen LogP contribution in [0.25, 0.3) is 0 Å². The van der Waals surface area contributed by atoms with Crippen LogP contribution in [0.4, 0.5) is 4.79 Å². The van der Waals surface area contributed by atoms with Gasteiger partial charge in [-0.1, -0.05) is 0 Å². The van der Waals surface area contributed by atoms with E-state index >= 15 is 0 Å². The lowest BCUT2D eigenvalue weighted by atomic mass is 9.87. The maximum absolute atomic E-state index is 11.7. The zero-order chi connectivity index (χ0) is 10.2. The predicted molar refractivity (Wildman–Crippen MR) is 55.2 cm³/mol. The molecule has 0 unspecified atom stereocenters. The normalized spacial score (nSPS) is 31.4. The molecule has 2 amide bonds. The first-order chi connectivity index (χ1) is 6.63. The SMILES string of the molecule is CN(C)C(=O)N1CC[C@]2(CCNC2)C1. The first kappa shape index (κ1) is 9.77. The number of hydrogen-bond acceptors (Lipinski definition) is 2. The quantitative estimate of drug-likeness (QED) is 0.608. The van der Waals surface area contributed by atoms with Crippen LogP contribution >= 0.6 is 0 Å². The summed E-state index contributed by atoms with van der Waals surface area (Å²) in [7, 11) is 3.64. The van der Waals surface area contributed by atoms with Crippen molar-refractivity contribution in [3.05, 3.63) is 0 Å². The van der Waals surface area contributed by atoms with E-state index in [1.807, 2.05) is 19.0 Å². The van der Waals surface area contributed by atoms with E-state index in [0.717, 1.165) is 26.2 Å². The molecule has 4 heteroatoms. The molecule has 0 radical (unpaired) electrons. The topological polar surface area (TPSA) is 35.6 Å². The molecule has 0 saturated carbocycles. The third-order valence-corrected chi connectivity index (χ3v) is 3.42. The van der Waals surface area contributed by atoms with Gasteiger partial charge in [-0.15, -0.1) is 0 Å². The van der Waals surface area contributed by atoms with Crippen molar-refractivity contribution >= 4 is 6.03 Å². The Morgan fingerprint density at radius 2 is 2.21 bits per heavy atom. The molecule has 2 aliphatic rings. The maximum Gasteiger partial charge on any atom is 0.319 e. The molecule has 1 spiro atoms. The highest BCUT2D eigenvalue weighted by Crippen LogP contribution is 2.36. The Hall–Kier alpha value is -0.770. The van der Waals surface area contributed by atoms with Crippen molar-refractivity contribution in [3.63, 3.8) is 0 Å². The van der Waals surface area contributed by atoms with E-state index < -0.39 is 0 Å². The largest absolute Gasteiger partial charge is 0.331 e. The molecule has 0 aromatic heterocycles. The minimum absolute atomic E-state index is 0.161. The molecule has 80 valence electrons. The molecular formula is C10H19N3O. The van der Waals surface area contributed by atoms with Crippen LogP contribution in [0.5, 0.6) is 0 Å². The summed E-state index contributed by atoms with van der Waals surface area (Å²) in [5, 5.41) is 3.39. The number of amides is 2. The van der Waals surface area contributed by atoms with E-state index in [0.29, 0.717) is 5.41 Å². The fraction of sp³-hybridized carbons (Fsp3) is 0.900. The van der Waals surface area contributed by atoms with Gasteiger partial charge in [0.15, 0.2) is 0 Å². The highest BCUT2D eigenvalue weighted by molar-refractivity contribution is 5.74. The van der Waals surface area contributed by atoms with Crippen molar-refractivity contribution < 1.29 is 4.79 Å². The highest BCUT2D eigenvalue weighted by Gasteiger charge is 2.42. The number of nitrogens with zero attached hydrogens (tertiary/aromatic N) is 2. The number of urea groups is 1. The van der Waals surface area contributed by atoms with Gasteiger partial charge in [0.25, 0.3) is 0 Å². The van der Waals surface area contributed by atoms with Gasteiger partial charge in [0.05, 0.1) is 0 Å². The number of rotatable bonds is 0. The van der Waals surface area contributed by atoms with Crippen LogP contribution in [0, 0.1) is 5.41 Å². The van der Waals surface area contributed by atoms with Crippen molar-refractivity contribution in [1.82, 2.24) is 15.1 Å². The van der Waals surface area contributed by atoms with Gasteiger partial charge in [0, 0.05) is 39.1 Å². The Balaban J connectivity index is 1.97. The summed E-state index contributed by atoms with van der Waals surface area (Å²) < 4.78 is 0. The fourth-order valence-corrected chi connectivity index (χ4v) is 2.53. The minimum atomic E-state index is 0.161. The molecule has 1 atom stereocenters. The van der Waals surface area contributed by atoms with Crippen molar-refractivity contribution in [2.75, 3.05) is 40.3 Å². The Bertz CT molecular complexity index is 234. The Labute approximate surface area is 85.2 Å². The molecule has 0 aromatic rings. The molecule has 0 aliphatic carbocycles. The van der Waals surface area contributed by atoms with Gasteiger partial charge in [0.1, 0.15) is 0 Å². The van der Waals surface area contributed by atoms with Gasteiger partial charge in [-0.25, -0.2) is 4.79 Å². The second kappa shape index (κ2) is 3.42. The molecule has 2 aliphatic heterocycles. The number of carbonyl (C=O) groups excluding carboxylic acids is 1. The molecule has 14 heavy (non-hydrogen) atoms. The standard InChI is InChI=1S/C10H19N3O/c1-12(2)9(14)13-6-4-10(8-13)3-5-11-7-10/h11H,3-8H2,1-2H3/t10-/m0/s1. The molecule has 0 bridgehead atoms. The first-order valence-electron chi connectivity index (χ1n) is 5.30. The number of hydrogen-bond donors (Lipinski definition) is 1. The van der Waals surface area contributed by atoms with Crippen LogP contribution in [0.3, 0.4) is 0 Å². The number of likely N-dealkylation sites (tertiary alicyclic amines) is 1. The first-order valence-corrected chi connectivity index (χ1v) is 5.30. The average Bonchev–Trinajstić information content (AvgIpc) is 2.76. The van der Waals surface area contributed by atoms with E-state index in [-0.39, 0.29) is 6.03 Å². The highest BCUT2D eigenvalue weighted by atomic mass is 16.2. The van der Waals surface area contributed by atoms with Crippen LogP contribution in [0.2, 0.25) is 0 Å². The third kappa shape index (κ3) is 1.59. The summed E-state index contributed by atoms with van der Waals surface area (Å²) >= 11 is 0. The van der Waals surface area contributed by atoms with Crippen molar-refractivity contribution in [1.29, 1.82) is 0 Å². The van der Waals surface area contributed by atoms with E-state index in [4.69, 9.17) is 0 Å². The van der Waals surface area contributed by atoms with E-state index in [2.05, 4.69) is 5.32 Å².